The first-order valence-corrected chi connectivity index (χ1v) is 6.92. The van der Waals surface area contributed by atoms with Crippen LogP contribution in [0.4, 0.5) is 4.39 Å². The Balaban J connectivity index is 0.00000200. The summed E-state index contributed by atoms with van der Waals surface area (Å²) in [6.45, 7) is 2.83. The molecule has 0 aromatic heterocycles. The summed E-state index contributed by atoms with van der Waals surface area (Å²) in [4.78, 5) is 11.9. The van der Waals surface area contributed by atoms with E-state index in [1.165, 1.54) is 12.1 Å². The number of hydrogen-bond acceptors (Lipinski definition) is 2. The highest BCUT2D eigenvalue weighted by Gasteiger charge is 2.19. The molecule has 1 saturated heterocycles. The van der Waals surface area contributed by atoms with Crippen LogP contribution in [0.1, 0.15) is 37.8 Å². The molecule has 1 fully saturated rings. The number of amides is 1. The fraction of sp³-hybridized carbons (Fsp3) is 0.500. The standard InChI is InChI=1S/C14H18ClFN2O.ClH/c1-9(12-5-4-10(16)7-13(12)15)18-14(19)8-11-3-2-6-17-11;/h4-5,7,9,11,17H,2-3,6,8H2,1H3,(H,18,19);1H. The Bertz CT molecular complexity index is 464. The number of benzene rings is 1. The predicted molar refractivity (Wildman–Crippen MR) is 80.9 cm³/mol. The van der Waals surface area contributed by atoms with Crippen LogP contribution in [0.25, 0.3) is 0 Å². The molecule has 20 heavy (non-hydrogen) atoms. The van der Waals surface area contributed by atoms with Gasteiger partial charge in [0.1, 0.15) is 5.82 Å². The number of carbonyl (C=O) groups is 1. The highest BCUT2D eigenvalue weighted by atomic mass is 35.5. The lowest BCUT2D eigenvalue weighted by molar-refractivity contribution is -0.122. The van der Waals surface area contributed by atoms with Gasteiger partial charge >= 0.3 is 0 Å². The van der Waals surface area contributed by atoms with E-state index in [-0.39, 0.29) is 36.2 Å². The number of nitrogens with one attached hydrogen (secondary N) is 2. The van der Waals surface area contributed by atoms with Crippen molar-refractivity contribution in [2.45, 2.75) is 38.3 Å². The van der Waals surface area contributed by atoms with Gasteiger partial charge in [-0.15, -0.1) is 12.4 Å². The summed E-state index contributed by atoms with van der Waals surface area (Å²) in [7, 11) is 0. The lowest BCUT2D eigenvalue weighted by atomic mass is 10.1. The van der Waals surface area contributed by atoms with E-state index in [9.17, 15) is 9.18 Å². The van der Waals surface area contributed by atoms with Crippen molar-refractivity contribution >= 4 is 29.9 Å². The zero-order chi connectivity index (χ0) is 13.8. The normalized spacial score (nSPS) is 19.2. The third kappa shape index (κ3) is 4.62. The first-order chi connectivity index (χ1) is 9.06. The molecule has 2 rings (SSSR count). The van der Waals surface area contributed by atoms with Crippen molar-refractivity contribution in [2.24, 2.45) is 0 Å². The number of hydrogen-bond donors (Lipinski definition) is 2. The molecule has 3 nitrogen and oxygen atoms in total. The van der Waals surface area contributed by atoms with E-state index in [1.54, 1.807) is 6.07 Å². The van der Waals surface area contributed by atoms with Gasteiger partial charge in [-0.1, -0.05) is 17.7 Å². The Hall–Kier alpha value is -0.840. The smallest absolute Gasteiger partial charge is 0.222 e. The van der Waals surface area contributed by atoms with Crippen LogP contribution in [0.2, 0.25) is 5.02 Å². The van der Waals surface area contributed by atoms with E-state index in [1.807, 2.05) is 6.92 Å². The second-order valence-corrected chi connectivity index (χ2v) is 5.36. The zero-order valence-corrected chi connectivity index (χ0v) is 12.9. The van der Waals surface area contributed by atoms with Gasteiger partial charge in [-0.3, -0.25) is 4.79 Å². The first kappa shape index (κ1) is 17.2. The quantitative estimate of drug-likeness (QED) is 0.894. The third-order valence-electron chi connectivity index (χ3n) is 3.40. The summed E-state index contributed by atoms with van der Waals surface area (Å²) in [6.07, 6.45) is 2.64. The van der Waals surface area contributed by atoms with E-state index < -0.39 is 0 Å². The summed E-state index contributed by atoms with van der Waals surface area (Å²) in [5, 5.41) is 6.52. The Labute approximate surface area is 129 Å². The topological polar surface area (TPSA) is 41.1 Å². The van der Waals surface area contributed by atoms with Crippen LogP contribution >= 0.6 is 24.0 Å². The minimum atomic E-state index is -0.373. The summed E-state index contributed by atoms with van der Waals surface area (Å²) in [5.74, 6) is -0.380. The Morgan fingerprint density at radius 2 is 2.35 bits per heavy atom. The fourth-order valence-corrected chi connectivity index (χ4v) is 2.72. The monoisotopic (exact) mass is 320 g/mol. The Morgan fingerprint density at radius 3 is 2.95 bits per heavy atom. The molecule has 2 unspecified atom stereocenters. The van der Waals surface area contributed by atoms with E-state index >= 15 is 0 Å². The van der Waals surface area contributed by atoms with Crippen molar-refractivity contribution < 1.29 is 9.18 Å². The molecular formula is C14H19Cl2FN2O. The average Bonchev–Trinajstić information content (AvgIpc) is 2.81. The van der Waals surface area contributed by atoms with Gasteiger partial charge in [0, 0.05) is 17.5 Å². The van der Waals surface area contributed by atoms with Gasteiger partial charge < -0.3 is 10.6 Å². The number of carbonyl (C=O) groups excluding carboxylic acids is 1. The van der Waals surface area contributed by atoms with Gasteiger partial charge in [-0.25, -0.2) is 4.39 Å². The van der Waals surface area contributed by atoms with Crippen LogP contribution in [0.15, 0.2) is 18.2 Å². The maximum atomic E-state index is 13.0. The van der Waals surface area contributed by atoms with Crippen molar-refractivity contribution in [3.05, 3.63) is 34.6 Å². The molecule has 112 valence electrons. The molecule has 0 saturated carbocycles. The summed E-state index contributed by atoms with van der Waals surface area (Å²) < 4.78 is 13.0. The number of halogens is 3. The molecule has 6 heteroatoms. The highest BCUT2D eigenvalue weighted by molar-refractivity contribution is 6.31. The van der Waals surface area contributed by atoms with E-state index in [2.05, 4.69) is 10.6 Å². The van der Waals surface area contributed by atoms with Crippen LogP contribution in [0, 0.1) is 5.82 Å². The molecule has 1 aliphatic rings. The maximum absolute atomic E-state index is 13.0. The molecule has 1 aromatic rings. The van der Waals surface area contributed by atoms with E-state index in [4.69, 9.17) is 11.6 Å². The fourth-order valence-electron chi connectivity index (χ4n) is 2.39. The second-order valence-electron chi connectivity index (χ2n) is 4.95. The zero-order valence-electron chi connectivity index (χ0n) is 11.3. The lowest BCUT2D eigenvalue weighted by Gasteiger charge is -2.17. The van der Waals surface area contributed by atoms with Crippen LogP contribution < -0.4 is 10.6 Å². The van der Waals surface area contributed by atoms with Crippen LogP contribution in [-0.2, 0) is 4.79 Å². The van der Waals surface area contributed by atoms with Crippen molar-refractivity contribution in [2.75, 3.05) is 6.54 Å². The van der Waals surface area contributed by atoms with Gasteiger partial charge in [-0.05, 0) is 44.0 Å². The summed E-state index contributed by atoms with van der Waals surface area (Å²) >= 11 is 5.97. The van der Waals surface area contributed by atoms with Crippen molar-refractivity contribution in [3.63, 3.8) is 0 Å². The molecule has 0 radical (unpaired) electrons. The maximum Gasteiger partial charge on any atom is 0.222 e. The first-order valence-electron chi connectivity index (χ1n) is 6.54. The van der Waals surface area contributed by atoms with Crippen molar-refractivity contribution in [1.82, 2.24) is 10.6 Å². The highest BCUT2D eigenvalue weighted by Crippen LogP contribution is 2.23. The summed E-state index contributed by atoms with van der Waals surface area (Å²) in [5.41, 5.74) is 0.732. The van der Waals surface area contributed by atoms with Crippen LogP contribution in [0.5, 0.6) is 0 Å². The molecule has 0 spiro atoms. The van der Waals surface area contributed by atoms with Gasteiger partial charge in [0.25, 0.3) is 0 Å². The average molecular weight is 321 g/mol. The van der Waals surface area contributed by atoms with Gasteiger partial charge in [0.05, 0.1) is 6.04 Å². The van der Waals surface area contributed by atoms with Crippen LogP contribution in [-0.4, -0.2) is 18.5 Å². The minimum Gasteiger partial charge on any atom is -0.349 e. The molecule has 0 bridgehead atoms. The lowest BCUT2D eigenvalue weighted by Crippen LogP contribution is -2.33. The van der Waals surface area contributed by atoms with Gasteiger partial charge in [0.2, 0.25) is 5.91 Å². The molecule has 1 aliphatic heterocycles. The van der Waals surface area contributed by atoms with Crippen molar-refractivity contribution in [1.29, 1.82) is 0 Å². The molecular weight excluding hydrogens is 302 g/mol. The molecule has 0 aliphatic carbocycles. The van der Waals surface area contributed by atoms with E-state index in [0.29, 0.717) is 11.4 Å². The minimum absolute atomic E-state index is 0. The van der Waals surface area contributed by atoms with E-state index in [0.717, 1.165) is 24.9 Å². The Morgan fingerprint density at radius 1 is 1.60 bits per heavy atom. The molecule has 1 aromatic carbocycles. The molecule has 2 N–H and O–H groups in total. The second kappa shape index (κ2) is 7.81. The van der Waals surface area contributed by atoms with Crippen LogP contribution in [0.3, 0.4) is 0 Å². The SMILES string of the molecule is CC(NC(=O)CC1CCCN1)c1ccc(F)cc1Cl.Cl. The predicted octanol–water partition coefficient (Wildman–Crippen LogP) is 3.22. The number of rotatable bonds is 4. The van der Waals surface area contributed by atoms with Gasteiger partial charge in [-0.2, -0.15) is 0 Å². The molecule has 1 amide bonds. The molecule has 1 heterocycles. The molecule has 2 atom stereocenters. The largest absolute Gasteiger partial charge is 0.349 e. The van der Waals surface area contributed by atoms with Crippen molar-refractivity contribution in [3.8, 4) is 0 Å². The third-order valence-corrected chi connectivity index (χ3v) is 3.73. The van der Waals surface area contributed by atoms with Gasteiger partial charge in [0.15, 0.2) is 0 Å². The Kier molecular flexibility index (Phi) is 6.72. The summed E-state index contributed by atoms with van der Waals surface area (Å²) in [6, 6.07) is 4.27.